The summed E-state index contributed by atoms with van der Waals surface area (Å²) in [5.41, 5.74) is 2.16. The van der Waals surface area contributed by atoms with E-state index in [1.165, 1.54) is 0 Å². The molecule has 5 nitrogen and oxygen atoms in total. The number of halogens is 1. The van der Waals surface area contributed by atoms with Gasteiger partial charge in [-0.3, -0.25) is 9.59 Å². The molecule has 0 aliphatic rings. The first-order valence-corrected chi connectivity index (χ1v) is 10.1. The summed E-state index contributed by atoms with van der Waals surface area (Å²) < 4.78 is 6.47. The average Bonchev–Trinajstić information content (AvgIpc) is 2.73. The van der Waals surface area contributed by atoms with Crippen LogP contribution < -0.4 is 15.4 Å². The van der Waals surface area contributed by atoms with Crippen LogP contribution >= 0.6 is 15.9 Å². The molecule has 3 rings (SSSR count). The number of benzene rings is 3. The molecule has 3 aromatic rings. The van der Waals surface area contributed by atoms with Gasteiger partial charge in [-0.15, -0.1) is 0 Å². The van der Waals surface area contributed by atoms with Gasteiger partial charge in [0.15, 0.2) is 0 Å². The van der Waals surface area contributed by atoms with Crippen molar-refractivity contribution >= 4 is 39.1 Å². The van der Waals surface area contributed by atoms with Gasteiger partial charge in [0.25, 0.3) is 11.8 Å². The fraction of sp³-hybridized carbons (Fsp3) is 0.130. The number of anilines is 2. The molecule has 0 heterocycles. The van der Waals surface area contributed by atoms with Crippen LogP contribution in [0.5, 0.6) is 5.75 Å². The molecule has 0 aliphatic heterocycles. The van der Waals surface area contributed by atoms with E-state index in [-0.39, 0.29) is 11.8 Å². The molecular formula is C23H21BrN2O3. The average molecular weight is 453 g/mol. The molecule has 6 heteroatoms. The van der Waals surface area contributed by atoms with Crippen LogP contribution in [0, 0.1) is 0 Å². The minimum absolute atomic E-state index is 0.212. The van der Waals surface area contributed by atoms with Crippen molar-refractivity contribution in [2.75, 3.05) is 17.2 Å². The van der Waals surface area contributed by atoms with Gasteiger partial charge < -0.3 is 15.4 Å². The first-order valence-electron chi connectivity index (χ1n) is 9.27. The Morgan fingerprint density at radius 2 is 1.55 bits per heavy atom. The van der Waals surface area contributed by atoms with Gasteiger partial charge >= 0.3 is 0 Å². The zero-order valence-corrected chi connectivity index (χ0v) is 17.5. The predicted octanol–water partition coefficient (Wildman–Crippen LogP) is 5.74. The number of hydrogen-bond donors (Lipinski definition) is 2. The maximum Gasteiger partial charge on any atom is 0.259 e. The summed E-state index contributed by atoms with van der Waals surface area (Å²) in [5.74, 6) is 0.0290. The summed E-state index contributed by atoms with van der Waals surface area (Å²) >= 11 is 3.40. The highest BCUT2D eigenvalue weighted by molar-refractivity contribution is 9.10. The number of rotatable bonds is 7. The van der Waals surface area contributed by atoms with Crippen LogP contribution in [0.4, 0.5) is 11.4 Å². The molecule has 0 atom stereocenters. The lowest BCUT2D eigenvalue weighted by molar-refractivity contribution is 0.101. The number of hydrogen-bond acceptors (Lipinski definition) is 3. The van der Waals surface area contributed by atoms with Crippen molar-refractivity contribution in [1.82, 2.24) is 0 Å². The van der Waals surface area contributed by atoms with E-state index in [0.717, 1.165) is 10.9 Å². The van der Waals surface area contributed by atoms with E-state index in [2.05, 4.69) is 26.6 Å². The zero-order valence-electron chi connectivity index (χ0n) is 15.9. The van der Waals surface area contributed by atoms with Crippen LogP contribution in [0.1, 0.15) is 34.1 Å². The lowest BCUT2D eigenvalue weighted by Crippen LogP contribution is -2.15. The maximum absolute atomic E-state index is 12.8. The Hall–Kier alpha value is -3.12. The molecule has 0 spiro atoms. The molecule has 2 N–H and O–H groups in total. The van der Waals surface area contributed by atoms with Crippen LogP contribution in [0.3, 0.4) is 0 Å². The van der Waals surface area contributed by atoms with Crippen molar-refractivity contribution in [1.29, 1.82) is 0 Å². The molecule has 0 bridgehead atoms. The van der Waals surface area contributed by atoms with E-state index in [1.54, 1.807) is 48.5 Å². The smallest absolute Gasteiger partial charge is 0.259 e. The summed E-state index contributed by atoms with van der Waals surface area (Å²) in [5, 5.41) is 5.70. The molecule has 0 saturated heterocycles. The third-order valence-electron chi connectivity index (χ3n) is 4.06. The summed E-state index contributed by atoms with van der Waals surface area (Å²) in [6.07, 6.45) is 0.848. The van der Waals surface area contributed by atoms with Gasteiger partial charge in [-0.05, 0) is 55.0 Å². The fourth-order valence-corrected chi connectivity index (χ4v) is 3.04. The third kappa shape index (κ3) is 5.68. The van der Waals surface area contributed by atoms with E-state index in [0.29, 0.717) is 34.9 Å². The molecule has 0 radical (unpaired) electrons. The standard InChI is InChI=1S/C23H21BrN2O3/c1-2-13-29-21-12-11-17(24)14-20(21)23(28)26-19-10-6-9-18(15-19)25-22(27)16-7-4-3-5-8-16/h3-12,14-15H,2,13H2,1H3,(H,25,27)(H,26,28). The summed E-state index contributed by atoms with van der Waals surface area (Å²) in [6.45, 7) is 2.54. The Balaban J connectivity index is 1.74. The highest BCUT2D eigenvalue weighted by atomic mass is 79.9. The minimum Gasteiger partial charge on any atom is -0.493 e. The second-order valence-corrected chi connectivity index (χ2v) is 7.26. The molecule has 0 aliphatic carbocycles. The molecule has 29 heavy (non-hydrogen) atoms. The number of ether oxygens (including phenoxy) is 1. The van der Waals surface area contributed by atoms with E-state index in [4.69, 9.17) is 4.74 Å². The lowest BCUT2D eigenvalue weighted by atomic mass is 10.1. The Labute approximate surface area is 178 Å². The van der Waals surface area contributed by atoms with Gasteiger partial charge in [0.1, 0.15) is 5.75 Å². The van der Waals surface area contributed by atoms with Gasteiger partial charge in [-0.2, -0.15) is 0 Å². The Morgan fingerprint density at radius 3 is 2.24 bits per heavy atom. The third-order valence-corrected chi connectivity index (χ3v) is 4.56. The van der Waals surface area contributed by atoms with E-state index in [9.17, 15) is 9.59 Å². The Bertz CT molecular complexity index is 1010. The monoisotopic (exact) mass is 452 g/mol. The number of carbonyl (C=O) groups is 2. The van der Waals surface area contributed by atoms with Crippen LogP contribution in [-0.2, 0) is 0 Å². The second kappa shape index (κ2) is 9.89. The first kappa shape index (κ1) is 20.6. The van der Waals surface area contributed by atoms with Gasteiger partial charge in [-0.25, -0.2) is 0 Å². The van der Waals surface area contributed by atoms with Crippen molar-refractivity contribution in [3.8, 4) is 5.75 Å². The zero-order chi connectivity index (χ0) is 20.6. The van der Waals surface area contributed by atoms with Crippen molar-refractivity contribution < 1.29 is 14.3 Å². The van der Waals surface area contributed by atoms with Crippen molar-refractivity contribution in [2.45, 2.75) is 13.3 Å². The van der Waals surface area contributed by atoms with Crippen molar-refractivity contribution in [3.05, 3.63) is 88.4 Å². The van der Waals surface area contributed by atoms with E-state index >= 15 is 0 Å². The number of carbonyl (C=O) groups excluding carboxylic acids is 2. The number of nitrogens with one attached hydrogen (secondary N) is 2. The summed E-state index contributed by atoms with van der Waals surface area (Å²) in [7, 11) is 0. The SMILES string of the molecule is CCCOc1ccc(Br)cc1C(=O)Nc1cccc(NC(=O)c2ccccc2)c1. The van der Waals surface area contributed by atoms with Crippen LogP contribution in [0.25, 0.3) is 0 Å². The van der Waals surface area contributed by atoms with Crippen molar-refractivity contribution in [2.24, 2.45) is 0 Å². The van der Waals surface area contributed by atoms with Gasteiger partial charge in [-0.1, -0.05) is 47.1 Å². The van der Waals surface area contributed by atoms with Crippen LogP contribution in [0.2, 0.25) is 0 Å². The molecule has 148 valence electrons. The minimum atomic E-state index is -0.288. The molecule has 0 saturated carbocycles. The number of amides is 2. The van der Waals surface area contributed by atoms with Gasteiger partial charge in [0.05, 0.1) is 12.2 Å². The van der Waals surface area contributed by atoms with E-state index in [1.807, 2.05) is 31.2 Å². The predicted molar refractivity (Wildman–Crippen MR) is 119 cm³/mol. The molecular weight excluding hydrogens is 432 g/mol. The molecule has 0 fully saturated rings. The Morgan fingerprint density at radius 1 is 0.862 bits per heavy atom. The molecule has 0 unspecified atom stereocenters. The van der Waals surface area contributed by atoms with Gasteiger partial charge in [0, 0.05) is 21.4 Å². The second-order valence-electron chi connectivity index (χ2n) is 6.34. The maximum atomic E-state index is 12.8. The topological polar surface area (TPSA) is 67.4 Å². The summed E-state index contributed by atoms with van der Waals surface area (Å²) in [6, 6.07) is 21.3. The fourth-order valence-electron chi connectivity index (χ4n) is 2.68. The van der Waals surface area contributed by atoms with E-state index < -0.39 is 0 Å². The molecule has 2 amide bonds. The van der Waals surface area contributed by atoms with Crippen LogP contribution in [0.15, 0.2) is 77.3 Å². The Kier molecular flexibility index (Phi) is 7.03. The normalized spacial score (nSPS) is 10.3. The summed E-state index contributed by atoms with van der Waals surface area (Å²) in [4.78, 5) is 25.1. The molecule has 0 aromatic heterocycles. The highest BCUT2D eigenvalue weighted by Crippen LogP contribution is 2.25. The van der Waals surface area contributed by atoms with Crippen molar-refractivity contribution in [3.63, 3.8) is 0 Å². The quantitative estimate of drug-likeness (QED) is 0.479. The lowest BCUT2D eigenvalue weighted by Gasteiger charge is -2.13. The van der Waals surface area contributed by atoms with Crippen LogP contribution in [-0.4, -0.2) is 18.4 Å². The first-order chi connectivity index (χ1) is 14.1. The largest absolute Gasteiger partial charge is 0.493 e. The van der Waals surface area contributed by atoms with Gasteiger partial charge in [0.2, 0.25) is 0 Å². The highest BCUT2D eigenvalue weighted by Gasteiger charge is 2.14. The molecule has 3 aromatic carbocycles.